The molecule has 0 saturated heterocycles. The van der Waals surface area contributed by atoms with Crippen molar-refractivity contribution in [3.63, 3.8) is 0 Å². The van der Waals surface area contributed by atoms with Gasteiger partial charge >= 0.3 is 0 Å². The van der Waals surface area contributed by atoms with Crippen molar-refractivity contribution in [2.75, 3.05) is 11.9 Å². The van der Waals surface area contributed by atoms with Gasteiger partial charge < -0.3 is 4.90 Å². The highest BCUT2D eigenvalue weighted by atomic mass is 79.9. The van der Waals surface area contributed by atoms with Crippen molar-refractivity contribution < 1.29 is 0 Å². The fraction of sp³-hybridized carbons (Fsp3) is 0.636. The first kappa shape index (κ1) is 10.9. The van der Waals surface area contributed by atoms with E-state index in [1.54, 1.807) is 0 Å². The molecule has 2 rings (SSSR count). The second-order valence-electron chi connectivity index (χ2n) is 4.21. The van der Waals surface area contributed by atoms with Crippen molar-refractivity contribution >= 4 is 21.9 Å². The second kappa shape index (κ2) is 4.47. The lowest BCUT2D eigenvalue weighted by molar-refractivity contribution is 0.597. The molecule has 1 aliphatic carbocycles. The third-order valence-corrected chi connectivity index (χ3v) is 3.72. The highest BCUT2D eigenvalue weighted by Gasteiger charge is 2.31. The topological polar surface area (TPSA) is 29.0 Å². The summed E-state index contributed by atoms with van der Waals surface area (Å²) in [7, 11) is 2.08. The van der Waals surface area contributed by atoms with Gasteiger partial charge in [-0.25, -0.2) is 9.97 Å². The average molecular weight is 270 g/mol. The van der Waals surface area contributed by atoms with Gasteiger partial charge in [-0.2, -0.15) is 0 Å². The van der Waals surface area contributed by atoms with Crippen LogP contribution in [0.15, 0.2) is 12.4 Å². The summed E-state index contributed by atoms with van der Waals surface area (Å²) >= 11 is 3.39. The minimum absolute atomic E-state index is 0.555. The van der Waals surface area contributed by atoms with Crippen LogP contribution in [0.2, 0.25) is 0 Å². The summed E-state index contributed by atoms with van der Waals surface area (Å²) in [6, 6.07) is 0.555. The van der Waals surface area contributed by atoms with Crippen LogP contribution < -0.4 is 4.90 Å². The molecule has 0 amide bonds. The van der Waals surface area contributed by atoms with Gasteiger partial charge in [-0.15, -0.1) is 0 Å². The van der Waals surface area contributed by atoms with E-state index in [1.807, 2.05) is 12.4 Å². The maximum atomic E-state index is 4.37. The first-order valence-corrected chi connectivity index (χ1v) is 6.44. The summed E-state index contributed by atoms with van der Waals surface area (Å²) in [6.45, 7) is 2.25. The van der Waals surface area contributed by atoms with Gasteiger partial charge in [0, 0.05) is 30.8 Å². The van der Waals surface area contributed by atoms with Gasteiger partial charge in [0.2, 0.25) is 5.95 Å². The Balaban J connectivity index is 2.07. The van der Waals surface area contributed by atoms with Crippen LogP contribution in [-0.4, -0.2) is 23.1 Å². The summed E-state index contributed by atoms with van der Waals surface area (Å²) in [4.78, 5) is 10.9. The van der Waals surface area contributed by atoms with Crippen molar-refractivity contribution in [1.82, 2.24) is 9.97 Å². The van der Waals surface area contributed by atoms with E-state index in [2.05, 4.69) is 44.8 Å². The summed E-state index contributed by atoms with van der Waals surface area (Å²) < 4.78 is 0. The zero-order valence-corrected chi connectivity index (χ0v) is 10.7. The van der Waals surface area contributed by atoms with Crippen LogP contribution in [0.5, 0.6) is 0 Å². The van der Waals surface area contributed by atoms with Crippen LogP contribution in [0.25, 0.3) is 0 Å². The Labute approximate surface area is 99.0 Å². The molecule has 4 heteroatoms. The van der Waals surface area contributed by atoms with Crippen LogP contribution in [0.1, 0.15) is 25.3 Å². The number of aromatic nitrogens is 2. The minimum atomic E-state index is 0.555. The number of hydrogen-bond acceptors (Lipinski definition) is 3. The van der Waals surface area contributed by atoms with Crippen molar-refractivity contribution in [1.29, 1.82) is 0 Å². The molecule has 1 atom stereocenters. The quantitative estimate of drug-likeness (QED) is 0.787. The van der Waals surface area contributed by atoms with Crippen molar-refractivity contribution in [2.24, 2.45) is 5.92 Å². The van der Waals surface area contributed by atoms with Crippen molar-refractivity contribution in [3.05, 3.63) is 18.0 Å². The largest absolute Gasteiger partial charge is 0.341 e. The maximum Gasteiger partial charge on any atom is 0.225 e. The molecule has 0 N–H and O–H groups in total. The average Bonchev–Trinajstić information content (AvgIpc) is 3.11. The van der Waals surface area contributed by atoms with Crippen LogP contribution in [-0.2, 0) is 5.33 Å². The summed E-state index contributed by atoms with van der Waals surface area (Å²) in [5, 5.41) is 0.815. The predicted molar refractivity (Wildman–Crippen MR) is 65.3 cm³/mol. The molecule has 0 aliphatic heterocycles. The minimum Gasteiger partial charge on any atom is -0.341 e. The van der Waals surface area contributed by atoms with E-state index in [9.17, 15) is 0 Å². The van der Waals surface area contributed by atoms with E-state index in [1.165, 1.54) is 12.8 Å². The Bertz CT molecular complexity index is 321. The number of halogens is 1. The lowest BCUT2D eigenvalue weighted by Gasteiger charge is -2.24. The van der Waals surface area contributed by atoms with E-state index in [4.69, 9.17) is 0 Å². The van der Waals surface area contributed by atoms with E-state index >= 15 is 0 Å². The number of hydrogen-bond donors (Lipinski definition) is 0. The monoisotopic (exact) mass is 269 g/mol. The Hall–Kier alpha value is -0.640. The zero-order valence-electron chi connectivity index (χ0n) is 9.15. The van der Waals surface area contributed by atoms with E-state index in [0.717, 1.165) is 22.8 Å². The molecule has 0 radical (unpaired) electrons. The van der Waals surface area contributed by atoms with Crippen molar-refractivity contribution in [3.8, 4) is 0 Å². The zero-order chi connectivity index (χ0) is 10.8. The summed E-state index contributed by atoms with van der Waals surface area (Å²) in [6.07, 6.45) is 6.47. The van der Waals surface area contributed by atoms with Gasteiger partial charge in [0.1, 0.15) is 0 Å². The number of alkyl halides is 1. The molecule has 15 heavy (non-hydrogen) atoms. The number of anilines is 1. The predicted octanol–water partition coefficient (Wildman–Crippen LogP) is 2.61. The number of nitrogens with zero attached hydrogens (tertiary/aromatic N) is 3. The fourth-order valence-corrected chi connectivity index (χ4v) is 1.97. The van der Waals surface area contributed by atoms with Gasteiger partial charge in [-0.3, -0.25) is 0 Å². The first-order valence-electron chi connectivity index (χ1n) is 5.32. The Morgan fingerprint density at radius 2 is 2.07 bits per heavy atom. The van der Waals surface area contributed by atoms with Gasteiger partial charge in [-0.05, 0) is 31.2 Å². The van der Waals surface area contributed by atoms with Crippen LogP contribution in [0.4, 0.5) is 5.95 Å². The molecule has 0 aromatic carbocycles. The smallest absolute Gasteiger partial charge is 0.225 e. The molecule has 1 fully saturated rings. The van der Waals surface area contributed by atoms with Crippen LogP contribution >= 0.6 is 15.9 Å². The molecular weight excluding hydrogens is 254 g/mol. The standard InChI is InChI=1S/C11H16BrN3/c1-8(10-3-4-10)15(2)11-13-6-9(5-12)7-14-11/h6-8,10H,3-5H2,1-2H3. The summed E-state index contributed by atoms with van der Waals surface area (Å²) in [5.74, 6) is 1.67. The maximum absolute atomic E-state index is 4.37. The fourth-order valence-electron chi connectivity index (χ4n) is 1.68. The lowest BCUT2D eigenvalue weighted by Crippen LogP contribution is -2.32. The molecular formula is C11H16BrN3. The molecule has 1 unspecified atom stereocenters. The third-order valence-electron chi connectivity index (χ3n) is 3.08. The van der Waals surface area contributed by atoms with Crippen molar-refractivity contribution in [2.45, 2.75) is 31.1 Å². The molecule has 82 valence electrons. The Kier molecular flexibility index (Phi) is 3.24. The molecule has 3 nitrogen and oxygen atoms in total. The second-order valence-corrected chi connectivity index (χ2v) is 4.77. The highest BCUT2D eigenvalue weighted by molar-refractivity contribution is 9.08. The summed E-state index contributed by atoms with van der Waals surface area (Å²) in [5.41, 5.74) is 1.12. The third kappa shape index (κ3) is 2.48. The number of rotatable bonds is 4. The molecule has 1 aromatic heterocycles. The normalized spacial score (nSPS) is 17.5. The van der Waals surface area contributed by atoms with Crippen LogP contribution in [0.3, 0.4) is 0 Å². The van der Waals surface area contributed by atoms with E-state index in [-0.39, 0.29) is 0 Å². The highest BCUT2D eigenvalue weighted by Crippen LogP contribution is 2.35. The van der Waals surface area contributed by atoms with Gasteiger partial charge in [0.05, 0.1) is 0 Å². The molecule has 1 saturated carbocycles. The Morgan fingerprint density at radius 3 is 2.53 bits per heavy atom. The Morgan fingerprint density at radius 1 is 1.47 bits per heavy atom. The van der Waals surface area contributed by atoms with E-state index < -0.39 is 0 Å². The van der Waals surface area contributed by atoms with Gasteiger partial charge in [0.25, 0.3) is 0 Å². The SMILES string of the molecule is CC(C1CC1)N(C)c1ncc(CBr)cn1. The molecule has 0 bridgehead atoms. The molecule has 1 aromatic rings. The first-order chi connectivity index (χ1) is 7.22. The van der Waals surface area contributed by atoms with Crippen LogP contribution in [0, 0.1) is 5.92 Å². The van der Waals surface area contributed by atoms with Gasteiger partial charge in [0.15, 0.2) is 0 Å². The lowest BCUT2D eigenvalue weighted by atomic mass is 10.2. The molecule has 1 aliphatic rings. The van der Waals surface area contributed by atoms with Gasteiger partial charge in [-0.1, -0.05) is 15.9 Å². The molecule has 0 spiro atoms. The molecule has 1 heterocycles. The van der Waals surface area contributed by atoms with E-state index in [0.29, 0.717) is 6.04 Å².